The molecule has 5 heteroatoms. The van der Waals surface area contributed by atoms with Gasteiger partial charge >= 0.3 is 0 Å². The van der Waals surface area contributed by atoms with Crippen LogP contribution >= 0.6 is 11.8 Å². The number of aliphatic imine (C=N–C) groups is 1. The summed E-state index contributed by atoms with van der Waals surface area (Å²) in [5.41, 5.74) is 4.05. The number of carbonyl (C=O) groups excluding carboxylic acids is 1. The Bertz CT molecular complexity index is 1060. The van der Waals surface area contributed by atoms with E-state index in [2.05, 4.69) is 10.3 Å². The van der Waals surface area contributed by atoms with E-state index < -0.39 is 0 Å². The van der Waals surface area contributed by atoms with Crippen molar-refractivity contribution in [2.45, 2.75) is 13.5 Å². The van der Waals surface area contributed by atoms with Crippen LogP contribution in [-0.2, 0) is 11.4 Å². The summed E-state index contributed by atoms with van der Waals surface area (Å²) >= 11 is 1.34. The zero-order valence-electron chi connectivity index (χ0n) is 16.0. The third-order valence-corrected chi connectivity index (χ3v) is 5.25. The standard InChI is InChI=1S/C24H20N2O2S/c1-17-7-11-20(12-8-17)25-24-26-23(27)22(29-24)15-18-9-13-21(14-10-18)28-16-19-5-3-2-4-6-19/h2-15H,16H2,1H3,(H,25,26,27)/b22-15+. The maximum atomic E-state index is 12.3. The van der Waals surface area contributed by atoms with Gasteiger partial charge < -0.3 is 10.1 Å². The minimum Gasteiger partial charge on any atom is -0.489 e. The molecule has 4 nitrogen and oxygen atoms in total. The molecule has 3 aromatic rings. The summed E-state index contributed by atoms with van der Waals surface area (Å²) in [5.74, 6) is 0.659. The highest BCUT2D eigenvalue weighted by molar-refractivity contribution is 8.18. The largest absolute Gasteiger partial charge is 0.489 e. The summed E-state index contributed by atoms with van der Waals surface area (Å²) in [5, 5.41) is 3.41. The van der Waals surface area contributed by atoms with Gasteiger partial charge in [0.05, 0.1) is 10.6 Å². The molecule has 4 rings (SSSR count). The average molecular weight is 401 g/mol. The summed E-state index contributed by atoms with van der Waals surface area (Å²) in [4.78, 5) is 17.4. The van der Waals surface area contributed by atoms with E-state index in [0.717, 1.165) is 22.6 Å². The van der Waals surface area contributed by atoms with Crippen LogP contribution in [-0.4, -0.2) is 11.1 Å². The number of hydrogen-bond acceptors (Lipinski definition) is 4. The molecule has 0 spiro atoms. The molecule has 1 amide bonds. The van der Waals surface area contributed by atoms with Crippen molar-refractivity contribution in [3.8, 4) is 5.75 Å². The lowest BCUT2D eigenvalue weighted by molar-refractivity contribution is -0.115. The van der Waals surface area contributed by atoms with Crippen molar-refractivity contribution >= 4 is 34.6 Å². The van der Waals surface area contributed by atoms with Gasteiger partial charge in [-0.2, -0.15) is 0 Å². The Hall–Kier alpha value is -3.31. The lowest BCUT2D eigenvalue weighted by Gasteiger charge is -2.06. The first kappa shape index (κ1) is 19.0. The number of amidine groups is 1. The number of rotatable bonds is 5. The fourth-order valence-corrected chi connectivity index (χ4v) is 3.61. The number of nitrogens with zero attached hydrogens (tertiary/aromatic N) is 1. The topological polar surface area (TPSA) is 50.7 Å². The van der Waals surface area contributed by atoms with Crippen molar-refractivity contribution in [3.63, 3.8) is 0 Å². The predicted octanol–water partition coefficient (Wildman–Crippen LogP) is 5.47. The lowest BCUT2D eigenvalue weighted by Crippen LogP contribution is -2.19. The quantitative estimate of drug-likeness (QED) is 0.578. The van der Waals surface area contributed by atoms with Crippen LogP contribution in [0.5, 0.6) is 5.75 Å². The second-order valence-electron chi connectivity index (χ2n) is 6.66. The highest BCUT2D eigenvalue weighted by Crippen LogP contribution is 2.28. The smallest absolute Gasteiger partial charge is 0.264 e. The third-order valence-electron chi connectivity index (χ3n) is 4.34. The van der Waals surface area contributed by atoms with Crippen LogP contribution in [0.3, 0.4) is 0 Å². The van der Waals surface area contributed by atoms with Crippen molar-refractivity contribution < 1.29 is 9.53 Å². The van der Waals surface area contributed by atoms with Crippen molar-refractivity contribution in [3.05, 3.63) is 100 Å². The Morgan fingerprint density at radius 1 is 0.966 bits per heavy atom. The number of carbonyl (C=O) groups is 1. The Kier molecular flexibility index (Phi) is 5.77. The van der Waals surface area contributed by atoms with Gasteiger partial charge in [-0.1, -0.05) is 60.2 Å². The van der Waals surface area contributed by atoms with Gasteiger partial charge in [-0.05, 0) is 60.2 Å². The molecule has 0 aliphatic carbocycles. The van der Waals surface area contributed by atoms with Crippen LogP contribution in [0.25, 0.3) is 6.08 Å². The SMILES string of the molecule is Cc1ccc(N=C2NC(=O)/C(=C\c3ccc(OCc4ccccc4)cc3)S2)cc1. The van der Waals surface area contributed by atoms with Gasteiger partial charge in [-0.3, -0.25) is 4.79 Å². The molecule has 29 heavy (non-hydrogen) atoms. The van der Waals surface area contributed by atoms with E-state index in [1.54, 1.807) is 0 Å². The van der Waals surface area contributed by atoms with Gasteiger partial charge in [0.1, 0.15) is 12.4 Å². The molecule has 144 valence electrons. The van der Waals surface area contributed by atoms with Crippen molar-refractivity contribution in [2.24, 2.45) is 4.99 Å². The number of ether oxygens (including phenoxy) is 1. The second kappa shape index (κ2) is 8.80. The minimum atomic E-state index is -0.134. The first-order chi connectivity index (χ1) is 14.2. The molecule has 1 aliphatic heterocycles. The zero-order valence-corrected chi connectivity index (χ0v) is 16.8. The molecule has 0 radical (unpaired) electrons. The molecule has 1 saturated heterocycles. The van der Waals surface area contributed by atoms with E-state index in [-0.39, 0.29) is 5.91 Å². The van der Waals surface area contributed by atoms with E-state index >= 15 is 0 Å². The number of thioether (sulfide) groups is 1. The summed E-state index contributed by atoms with van der Waals surface area (Å²) in [6.07, 6.45) is 1.86. The minimum absolute atomic E-state index is 0.134. The number of benzene rings is 3. The molecule has 1 fully saturated rings. The van der Waals surface area contributed by atoms with Gasteiger partial charge in [0.2, 0.25) is 0 Å². The van der Waals surface area contributed by atoms with Crippen LogP contribution < -0.4 is 10.1 Å². The summed E-state index contributed by atoms with van der Waals surface area (Å²) in [6, 6.07) is 25.6. The summed E-state index contributed by atoms with van der Waals surface area (Å²) in [7, 11) is 0. The molecule has 1 heterocycles. The predicted molar refractivity (Wildman–Crippen MR) is 119 cm³/mol. The first-order valence-corrected chi connectivity index (χ1v) is 10.1. The van der Waals surface area contributed by atoms with Crippen LogP contribution in [0.2, 0.25) is 0 Å². The first-order valence-electron chi connectivity index (χ1n) is 9.29. The molecule has 0 bridgehead atoms. The number of amides is 1. The molecule has 3 aromatic carbocycles. The van der Waals surface area contributed by atoms with E-state index in [4.69, 9.17) is 4.74 Å². The van der Waals surface area contributed by atoms with E-state index in [1.807, 2.05) is 91.9 Å². The molecule has 0 saturated carbocycles. The van der Waals surface area contributed by atoms with E-state index in [9.17, 15) is 4.79 Å². The van der Waals surface area contributed by atoms with Crippen molar-refractivity contribution in [1.29, 1.82) is 0 Å². The Morgan fingerprint density at radius 3 is 2.41 bits per heavy atom. The lowest BCUT2D eigenvalue weighted by atomic mass is 10.2. The Morgan fingerprint density at radius 2 is 1.69 bits per heavy atom. The molecule has 1 aliphatic rings. The second-order valence-corrected chi connectivity index (χ2v) is 7.69. The van der Waals surface area contributed by atoms with Gasteiger partial charge in [-0.25, -0.2) is 4.99 Å². The average Bonchev–Trinajstić information content (AvgIpc) is 3.08. The van der Waals surface area contributed by atoms with E-state index in [0.29, 0.717) is 16.7 Å². The fourth-order valence-electron chi connectivity index (χ4n) is 2.77. The molecule has 0 atom stereocenters. The number of nitrogens with one attached hydrogen (secondary N) is 1. The van der Waals surface area contributed by atoms with Gasteiger partial charge in [-0.15, -0.1) is 0 Å². The maximum absolute atomic E-state index is 12.3. The third kappa shape index (κ3) is 5.15. The van der Waals surface area contributed by atoms with Crippen LogP contribution in [0.15, 0.2) is 88.8 Å². The maximum Gasteiger partial charge on any atom is 0.264 e. The summed E-state index contributed by atoms with van der Waals surface area (Å²) in [6.45, 7) is 2.56. The van der Waals surface area contributed by atoms with Gasteiger partial charge in [0.25, 0.3) is 5.91 Å². The highest BCUT2D eigenvalue weighted by atomic mass is 32.2. The normalized spacial score (nSPS) is 16.2. The molecular formula is C24H20N2O2S. The Balaban J connectivity index is 1.41. The molecule has 0 unspecified atom stereocenters. The molecule has 0 aromatic heterocycles. The molecule has 1 N–H and O–H groups in total. The van der Waals surface area contributed by atoms with Crippen LogP contribution in [0, 0.1) is 6.92 Å². The zero-order chi connectivity index (χ0) is 20.1. The van der Waals surface area contributed by atoms with Gasteiger partial charge in [0.15, 0.2) is 5.17 Å². The van der Waals surface area contributed by atoms with E-state index in [1.165, 1.54) is 17.3 Å². The summed E-state index contributed by atoms with van der Waals surface area (Å²) < 4.78 is 5.81. The van der Waals surface area contributed by atoms with Gasteiger partial charge in [0, 0.05) is 0 Å². The van der Waals surface area contributed by atoms with Crippen LogP contribution in [0.4, 0.5) is 5.69 Å². The fraction of sp³-hybridized carbons (Fsp3) is 0.0833. The number of aryl methyl sites for hydroxylation is 1. The van der Waals surface area contributed by atoms with Crippen LogP contribution in [0.1, 0.15) is 16.7 Å². The highest BCUT2D eigenvalue weighted by Gasteiger charge is 2.23. The Labute approximate surface area is 174 Å². The van der Waals surface area contributed by atoms with Crippen molar-refractivity contribution in [1.82, 2.24) is 5.32 Å². The molecular weight excluding hydrogens is 380 g/mol. The number of hydrogen-bond donors (Lipinski definition) is 1. The monoisotopic (exact) mass is 400 g/mol. The van der Waals surface area contributed by atoms with Crippen molar-refractivity contribution in [2.75, 3.05) is 0 Å².